The lowest BCUT2D eigenvalue weighted by atomic mass is 9.70. The zero-order chi connectivity index (χ0) is 13.6. The Morgan fingerprint density at radius 3 is 2.33 bits per heavy atom. The van der Waals surface area contributed by atoms with Gasteiger partial charge in [-0.05, 0) is 37.5 Å². The molecule has 0 aliphatic heterocycles. The van der Waals surface area contributed by atoms with Gasteiger partial charge in [-0.15, -0.1) is 0 Å². The molecular weight excluding hydrogens is 228 g/mol. The van der Waals surface area contributed by atoms with E-state index in [2.05, 4.69) is 20.8 Å². The molecular formula is C15H24O3. The molecule has 18 heavy (non-hydrogen) atoms. The zero-order valence-electron chi connectivity index (χ0n) is 11.9. The molecule has 0 aromatic carbocycles. The number of hydrogen-bond donors (Lipinski definition) is 0. The summed E-state index contributed by atoms with van der Waals surface area (Å²) >= 11 is 0. The quantitative estimate of drug-likeness (QED) is 0.722. The number of Topliss-reactive ketones (excluding diaryl/α,β-unsaturated/α-hetero) is 1. The molecule has 0 amide bonds. The summed E-state index contributed by atoms with van der Waals surface area (Å²) in [6, 6.07) is 0. The highest BCUT2D eigenvalue weighted by Crippen LogP contribution is 2.66. The molecule has 0 heterocycles. The summed E-state index contributed by atoms with van der Waals surface area (Å²) in [5, 5.41) is 0. The lowest BCUT2D eigenvalue weighted by molar-refractivity contribution is -0.157. The Labute approximate surface area is 109 Å². The van der Waals surface area contributed by atoms with Gasteiger partial charge in [-0.2, -0.15) is 0 Å². The number of esters is 1. The Bertz CT molecular complexity index is 372. The maximum absolute atomic E-state index is 11.8. The Kier molecular flexibility index (Phi) is 3.28. The van der Waals surface area contributed by atoms with Crippen LogP contribution in [-0.4, -0.2) is 17.9 Å². The van der Waals surface area contributed by atoms with Crippen LogP contribution in [0, 0.1) is 16.7 Å². The second-order valence-electron chi connectivity index (χ2n) is 6.79. The van der Waals surface area contributed by atoms with Crippen molar-refractivity contribution in [1.29, 1.82) is 0 Å². The number of hydrogen-bond acceptors (Lipinski definition) is 3. The van der Waals surface area contributed by atoms with Crippen LogP contribution in [0.3, 0.4) is 0 Å². The van der Waals surface area contributed by atoms with Crippen LogP contribution in [0.1, 0.15) is 59.8 Å². The minimum absolute atomic E-state index is 0.0470. The second-order valence-corrected chi connectivity index (χ2v) is 6.79. The Morgan fingerprint density at radius 2 is 1.89 bits per heavy atom. The van der Waals surface area contributed by atoms with Crippen LogP contribution in [0.5, 0.6) is 0 Å². The molecule has 3 heteroatoms. The number of ketones is 1. The van der Waals surface area contributed by atoms with E-state index in [1.54, 1.807) is 0 Å². The summed E-state index contributed by atoms with van der Waals surface area (Å²) in [6.45, 7) is 8.36. The van der Waals surface area contributed by atoms with Gasteiger partial charge in [0.05, 0.1) is 6.42 Å². The van der Waals surface area contributed by atoms with Crippen LogP contribution in [0.2, 0.25) is 0 Å². The summed E-state index contributed by atoms with van der Waals surface area (Å²) in [5.41, 5.74) is 0.377. The van der Waals surface area contributed by atoms with E-state index in [0.29, 0.717) is 12.3 Å². The first-order valence-electron chi connectivity index (χ1n) is 6.96. The van der Waals surface area contributed by atoms with Crippen molar-refractivity contribution in [2.45, 2.75) is 65.9 Å². The van der Waals surface area contributed by atoms with E-state index in [1.807, 2.05) is 0 Å². The summed E-state index contributed by atoms with van der Waals surface area (Å²) in [4.78, 5) is 22.6. The first-order chi connectivity index (χ1) is 8.27. The third-order valence-electron chi connectivity index (χ3n) is 5.67. The normalized spacial score (nSPS) is 36.7. The van der Waals surface area contributed by atoms with Crippen molar-refractivity contribution < 1.29 is 14.3 Å². The van der Waals surface area contributed by atoms with Gasteiger partial charge in [0.25, 0.3) is 0 Å². The second kappa shape index (κ2) is 4.36. The van der Waals surface area contributed by atoms with E-state index in [-0.39, 0.29) is 35.1 Å². The van der Waals surface area contributed by atoms with Crippen molar-refractivity contribution in [2.24, 2.45) is 16.7 Å². The minimum atomic E-state index is -0.209. The van der Waals surface area contributed by atoms with Crippen molar-refractivity contribution >= 4 is 11.8 Å². The Morgan fingerprint density at radius 1 is 1.22 bits per heavy atom. The number of ether oxygens (including phenoxy) is 1. The molecule has 0 aromatic rings. The van der Waals surface area contributed by atoms with E-state index in [1.165, 1.54) is 13.3 Å². The standard InChI is InChI=1S/C15H24O3/c1-10(16)5-6-13(17)18-12-9-11-7-8-15(12,4)14(11,2)3/h11-12H,5-9H2,1-4H3. The average molecular weight is 252 g/mol. The molecule has 0 saturated heterocycles. The van der Waals surface area contributed by atoms with Gasteiger partial charge in [0.1, 0.15) is 11.9 Å². The van der Waals surface area contributed by atoms with Crippen molar-refractivity contribution in [3.05, 3.63) is 0 Å². The fraction of sp³-hybridized carbons (Fsp3) is 0.867. The molecule has 0 spiro atoms. The fourth-order valence-corrected chi connectivity index (χ4v) is 3.80. The molecule has 0 aromatic heterocycles. The molecule has 2 aliphatic carbocycles. The maximum Gasteiger partial charge on any atom is 0.306 e. The lowest BCUT2D eigenvalue weighted by Gasteiger charge is -2.38. The van der Waals surface area contributed by atoms with Gasteiger partial charge in [-0.3, -0.25) is 4.79 Å². The molecule has 0 radical (unpaired) electrons. The minimum Gasteiger partial charge on any atom is -0.462 e. The van der Waals surface area contributed by atoms with Crippen LogP contribution in [-0.2, 0) is 14.3 Å². The highest BCUT2D eigenvalue weighted by Gasteiger charge is 2.62. The molecule has 2 saturated carbocycles. The molecule has 3 unspecified atom stereocenters. The predicted molar refractivity (Wildman–Crippen MR) is 69.0 cm³/mol. The van der Waals surface area contributed by atoms with Gasteiger partial charge in [-0.25, -0.2) is 0 Å². The Hall–Kier alpha value is -0.860. The molecule has 2 rings (SSSR count). The topological polar surface area (TPSA) is 43.4 Å². The van der Waals surface area contributed by atoms with Gasteiger partial charge in [-0.1, -0.05) is 20.8 Å². The SMILES string of the molecule is CC(=O)CCC(=O)OC1CC2CCC1(C)C2(C)C. The molecule has 2 bridgehead atoms. The van der Waals surface area contributed by atoms with E-state index in [0.717, 1.165) is 12.8 Å². The summed E-state index contributed by atoms with van der Waals surface area (Å²) in [5.74, 6) is 0.513. The predicted octanol–water partition coefficient (Wildman–Crippen LogP) is 3.11. The number of rotatable bonds is 4. The van der Waals surface area contributed by atoms with Gasteiger partial charge in [0.2, 0.25) is 0 Å². The van der Waals surface area contributed by atoms with Gasteiger partial charge in [0, 0.05) is 11.8 Å². The van der Waals surface area contributed by atoms with Crippen LogP contribution < -0.4 is 0 Å². The van der Waals surface area contributed by atoms with E-state index in [4.69, 9.17) is 4.74 Å². The van der Waals surface area contributed by atoms with Crippen LogP contribution >= 0.6 is 0 Å². The molecule has 2 fully saturated rings. The fourth-order valence-electron chi connectivity index (χ4n) is 3.80. The lowest BCUT2D eigenvalue weighted by Crippen LogP contribution is -2.38. The van der Waals surface area contributed by atoms with Crippen molar-refractivity contribution in [1.82, 2.24) is 0 Å². The van der Waals surface area contributed by atoms with Gasteiger partial charge >= 0.3 is 5.97 Å². The first kappa shape index (κ1) is 13.6. The zero-order valence-corrected chi connectivity index (χ0v) is 11.9. The number of carbonyl (C=O) groups is 2. The first-order valence-corrected chi connectivity index (χ1v) is 6.96. The highest BCUT2D eigenvalue weighted by molar-refractivity contribution is 5.81. The molecule has 102 valence electrons. The third kappa shape index (κ3) is 1.98. The van der Waals surface area contributed by atoms with Crippen LogP contribution in [0.25, 0.3) is 0 Å². The van der Waals surface area contributed by atoms with Gasteiger partial charge < -0.3 is 9.53 Å². The monoisotopic (exact) mass is 252 g/mol. The Balaban J connectivity index is 1.96. The summed E-state index contributed by atoms with van der Waals surface area (Å²) < 4.78 is 5.64. The van der Waals surface area contributed by atoms with Crippen molar-refractivity contribution in [3.8, 4) is 0 Å². The van der Waals surface area contributed by atoms with Crippen molar-refractivity contribution in [2.75, 3.05) is 0 Å². The maximum atomic E-state index is 11.8. The summed E-state index contributed by atoms with van der Waals surface area (Å²) in [7, 11) is 0. The van der Waals surface area contributed by atoms with E-state index >= 15 is 0 Å². The van der Waals surface area contributed by atoms with E-state index in [9.17, 15) is 9.59 Å². The number of carbonyl (C=O) groups excluding carboxylic acids is 2. The number of fused-ring (bicyclic) bond motifs is 2. The molecule has 3 atom stereocenters. The molecule has 2 aliphatic rings. The third-order valence-corrected chi connectivity index (χ3v) is 5.67. The van der Waals surface area contributed by atoms with E-state index < -0.39 is 0 Å². The smallest absolute Gasteiger partial charge is 0.306 e. The van der Waals surface area contributed by atoms with Gasteiger partial charge in [0.15, 0.2) is 0 Å². The highest BCUT2D eigenvalue weighted by atomic mass is 16.5. The largest absolute Gasteiger partial charge is 0.462 e. The summed E-state index contributed by atoms with van der Waals surface area (Å²) in [6.07, 6.45) is 3.98. The average Bonchev–Trinajstić information content (AvgIpc) is 2.59. The van der Waals surface area contributed by atoms with Crippen molar-refractivity contribution in [3.63, 3.8) is 0 Å². The van der Waals surface area contributed by atoms with Crippen LogP contribution in [0.4, 0.5) is 0 Å². The molecule has 3 nitrogen and oxygen atoms in total. The molecule has 0 N–H and O–H groups in total. The van der Waals surface area contributed by atoms with Crippen LogP contribution in [0.15, 0.2) is 0 Å².